The lowest BCUT2D eigenvalue weighted by Gasteiger charge is -2.63. The number of carbonyl (C=O) groups excluding carboxylic acids is 2. The zero-order chi connectivity index (χ0) is 15.4. The summed E-state index contributed by atoms with van der Waals surface area (Å²) in [7, 11) is 1.49. The summed E-state index contributed by atoms with van der Waals surface area (Å²) in [5.74, 6) is 0.734. The van der Waals surface area contributed by atoms with Gasteiger partial charge in [-0.3, -0.25) is 4.79 Å². The van der Waals surface area contributed by atoms with Gasteiger partial charge in [-0.2, -0.15) is 0 Å². The maximum absolute atomic E-state index is 12.5. The van der Waals surface area contributed by atoms with Crippen LogP contribution in [0.15, 0.2) is 30.3 Å². The number of aldehydes is 1. The molecule has 0 aliphatic heterocycles. The van der Waals surface area contributed by atoms with E-state index in [4.69, 9.17) is 4.74 Å². The van der Waals surface area contributed by atoms with Crippen molar-refractivity contribution in [2.75, 3.05) is 7.11 Å². The number of ether oxygens (including phenoxy) is 1. The van der Waals surface area contributed by atoms with Gasteiger partial charge in [0.15, 0.2) is 0 Å². The summed E-state index contributed by atoms with van der Waals surface area (Å²) in [6, 6.07) is 10.6. The fourth-order valence-electron chi connectivity index (χ4n) is 5.99. The zero-order valence-corrected chi connectivity index (χ0v) is 13.0. The van der Waals surface area contributed by atoms with Crippen LogP contribution in [0, 0.1) is 23.2 Å². The maximum atomic E-state index is 12.5. The van der Waals surface area contributed by atoms with Gasteiger partial charge < -0.3 is 9.53 Å². The van der Waals surface area contributed by atoms with Gasteiger partial charge in [0.1, 0.15) is 6.29 Å². The van der Waals surface area contributed by atoms with E-state index in [0.29, 0.717) is 11.8 Å². The SMILES string of the molecule is COC(=O)C12CC3CC(c4ccccc4)(CC(C1)C3C=O)C2. The lowest BCUT2D eigenvalue weighted by molar-refractivity contribution is -0.178. The lowest BCUT2D eigenvalue weighted by Crippen LogP contribution is -2.60. The third kappa shape index (κ3) is 1.74. The number of rotatable bonds is 3. The topological polar surface area (TPSA) is 43.4 Å². The van der Waals surface area contributed by atoms with Crippen LogP contribution in [0.3, 0.4) is 0 Å². The highest BCUT2D eigenvalue weighted by Crippen LogP contribution is 2.67. The number of esters is 1. The molecule has 4 aliphatic rings. The van der Waals surface area contributed by atoms with E-state index >= 15 is 0 Å². The normalized spacial score (nSPS) is 42.1. The number of carbonyl (C=O) groups is 2. The van der Waals surface area contributed by atoms with Crippen molar-refractivity contribution in [1.29, 1.82) is 0 Å². The molecule has 0 amide bonds. The molecule has 0 saturated heterocycles. The van der Waals surface area contributed by atoms with Crippen molar-refractivity contribution in [3.05, 3.63) is 35.9 Å². The quantitative estimate of drug-likeness (QED) is 0.636. The Bertz CT molecular complexity index is 590. The van der Waals surface area contributed by atoms with E-state index < -0.39 is 0 Å². The molecule has 0 aromatic heterocycles. The Balaban J connectivity index is 1.80. The average molecular weight is 298 g/mol. The first kappa shape index (κ1) is 14.0. The van der Waals surface area contributed by atoms with E-state index in [1.54, 1.807) is 0 Å². The van der Waals surface area contributed by atoms with Crippen LogP contribution < -0.4 is 0 Å². The number of hydrogen-bond acceptors (Lipinski definition) is 3. The zero-order valence-electron chi connectivity index (χ0n) is 13.0. The molecule has 4 bridgehead atoms. The molecule has 5 rings (SSSR count). The van der Waals surface area contributed by atoms with Crippen molar-refractivity contribution in [1.82, 2.24) is 0 Å². The Labute approximate surface area is 131 Å². The fourth-order valence-corrected chi connectivity index (χ4v) is 5.99. The van der Waals surface area contributed by atoms with E-state index in [9.17, 15) is 9.59 Å². The second-order valence-electron chi connectivity index (χ2n) is 7.65. The van der Waals surface area contributed by atoms with Crippen molar-refractivity contribution in [2.45, 2.75) is 37.5 Å². The highest BCUT2D eigenvalue weighted by Gasteiger charge is 2.64. The van der Waals surface area contributed by atoms with Crippen molar-refractivity contribution in [3.63, 3.8) is 0 Å². The standard InChI is InChI=1S/C19H22O3/c1-22-17(21)19-9-13-7-18(12-19,15-5-3-2-4-6-15)8-14(10-19)16(13)11-20/h2-6,11,13-14,16H,7-10,12H2,1H3. The van der Waals surface area contributed by atoms with E-state index in [0.717, 1.165) is 38.4 Å². The Kier molecular flexibility index (Phi) is 2.97. The lowest BCUT2D eigenvalue weighted by atomic mass is 9.40. The monoisotopic (exact) mass is 298 g/mol. The van der Waals surface area contributed by atoms with Crippen LogP contribution >= 0.6 is 0 Å². The first-order chi connectivity index (χ1) is 10.6. The molecule has 2 unspecified atom stereocenters. The van der Waals surface area contributed by atoms with Crippen molar-refractivity contribution in [3.8, 4) is 0 Å². The van der Waals surface area contributed by atoms with Gasteiger partial charge in [0.2, 0.25) is 0 Å². The summed E-state index contributed by atoms with van der Waals surface area (Å²) < 4.78 is 5.16. The van der Waals surface area contributed by atoms with Gasteiger partial charge >= 0.3 is 5.97 Å². The molecule has 4 aliphatic carbocycles. The van der Waals surface area contributed by atoms with E-state index in [1.165, 1.54) is 12.7 Å². The van der Waals surface area contributed by atoms with Gasteiger partial charge in [0.25, 0.3) is 0 Å². The fraction of sp³-hybridized carbons (Fsp3) is 0.579. The third-order valence-corrected chi connectivity index (χ3v) is 6.54. The van der Waals surface area contributed by atoms with Crippen LogP contribution in [-0.2, 0) is 19.7 Å². The second kappa shape index (κ2) is 4.68. The molecule has 2 atom stereocenters. The maximum Gasteiger partial charge on any atom is 0.311 e. The molecule has 0 spiro atoms. The molecular formula is C19H22O3. The number of benzene rings is 1. The van der Waals surface area contributed by atoms with Gasteiger partial charge in [-0.1, -0.05) is 30.3 Å². The molecule has 4 fully saturated rings. The number of hydrogen-bond donors (Lipinski definition) is 0. The van der Waals surface area contributed by atoms with E-state index in [2.05, 4.69) is 24.3 Å². The predicted octanol–water partition coefficient (Wildman–Crippen LogP) is 3.12. The number of methoxy groups -OCH3 is 1. The Morgan fingerprint density at radius 3 is 2.32 bits per heavy atom. The summed E-state index contributed by atoms with van der Waals surface area (Å²) in [5, 5.41) is 0. The first-order valence-electron chi connectivity index (χ1n) is 8.22. The summed E-state index contributed by atoms with van der Waals surface area (Å²) in [6.45, 7) is 0. The molecule has 4 saturated carbocycles. The minimum atomic E-state index is -0.365. The highest BCUT2D eigenvalue weighted by molar-refractivity contribution is 5.78. The predicted molar refractivity (Wildman–Crippen MR) is 82.2 cm³/mol. The van der Waals surface area contributed by atoms with Crippen molar-refractivity contribution in [2.24, 2.45) is 23.2 Å². The third-order valence-electron chi connectivity index (χ3n) is 6.54. The van der Waals surface area contributed by atoms with Gasteiger partial charge in [0.05, 0.1) is 12.5 Å². The first-order valence-corrected chi connectivity index (χ1v) is 8.22. The van der Waals surface area contributed by atoms with Gasteiger partial charge in [-0.25, -0.2) is 0 Å². The van der Waals surface area contributed by atoms with Gasteiger partial charge in [-0.05, 0) is 54.9 Å². The molecule has 0 heterocycles. The molecule has 1 aromatic rings. The summed E-state index contributed by atoms with van der Waals surface area (Å²) in [6.07, 6.45) is 5.76. The molecular weight excluding hydrogens is 276 g/mol. The largest absolute Gasteiger partial charge is 0.469 e. The van der Waals surface area contributed by atoms with E-state index in [1.807, 2.05) is 6.07 Å². The highest BCUT2D eigenvalue weighted by atomic mass is 16.5. The Morgan fingerprint density at radius 2 is 1.77 bits per heavy atom. The molecule has 22 heavy (non-hydrogen) atoms. The second-order valence-corrected chi connectivity index (χ2v) is 7.65. The van der Waals surface area contributed by atoms with Gasteiger partial charge in [-0.15, -0.1) is 0 Å². The summed E-state index contributed by atoms with van der Waals surface area (Å²) in [5.41, 5.74) is 1.03. The Morgan fingerprint density at radius 1 is 1.14 bits per heavy atom. The summed E-state index contributed by atoms with van der Waals surface area (Å²) >= 11 is 0. The average Bonchev–Trinajstić information content (AvgIpc) is 2.54. The van der Waals surface area contributed by atoms with Crippen LogP contribution in [-0.4, -0.2) is 19.4 Å². The van der Waals surface area contributed by atoms with E-state index in [-0.39, 0.29) is 22.7 Å². The molecule has 0 radical (unpaired) electrons. The summed E-state index contributed by atoms with van der Waals surface area (Å²) in [4.78, 5) is 24.1. The van der Waals surface area contributed by atoms with Crippen molar-refractivity contribution >= 4 is 12.3 Å². The molecule has 3 nitrogen and oxygen atoms in total. The molecule has 116 valence electrons. The van der Waals surface area contributed by atoms with Crippen molar-refractivity contribution < 1.29 is 14.3 Å². The minimum Gasteiger partial charge on any atom is -0.469 e. The Hall–Kier alpha value is -1.64. The molecule has 0 N–H and O–H groups in total. The van der Waals surface area contributed by atoms with Crippen LogP contribution in [0.25, 0.3) is 0 Å². The molecule has 1 aromatic carbocycles. The van der Waals surface area contributed by atoms with Crippen LogP contribution in [0.2, 0.25) is 0 Å². The minimum absolute atomic E-state index is 0.0563. The molecule has 3 heteroatoms. The smallest absolute Gasteiger partial charge is 0.311 e. The van der Waals surface area contributed by atoms with Gasteiger partial charge in [0, 0.05) is 5.92 Å². The van der Waals surface area contributed by atoms with Crippen LogP contribution in [0.4, 0.5) is 0 Å². The van der Waals surface area contributed by atoms with Crippen LogP contribution in [0.1, 0.15) is 37.7 Å². The van der Waals surface area contributed by atoms with Crippen LogP contribution in [0.5, 0.6) is 0 Å².